The van der Waals surface area contributed by atoms with E-state index < -0.39 is 11.8 Å². The van der Waals surface area contributed by atoms with Crippen molar-refractivity contribution in [2.75, 3.05) is 11.4 Å². The first-order valence-corrected chi connectivity index (χ1v) is 11.3. The molecular formula is C29H30FNO2. The van der Waals surface area contributed by atoms with E-state index in [0.29, 0.717) is 18.2 Å². The second kappa shape index (κ2) is 11.3. The average Bonchev–Trinajstić information content (AvgIpc) is 2.79. The molecule has 0 radical (unpaired) electrons. The summed E-state index contributed by atoms with van der Waals surface area (Å²) in [6, 6.07) is 20.7. The van der Waals surface area contributed by atoms with Crippen LogP contribution in [0, 0.1) is 23.6 Å². The van der Waals surface area contributed by atoms with Gasteiger partial charge in [-0.2, -0.15) is 0 Å². The van der Waals surface area contributed by atoms with E-state index in [-0.39, 0.29) is 5.56 Å². The van der Waals surface area contributed by atoms with Gasteiger partial charge in [-0.1, -0.05) is 63.3 Å². The van der Waals surface area contributed by atoms with Gasteiger partial charge in [-0.25, -0.2) is 9.18 Å². The first-order valence-electron chi connectivity index (χ1n) is 11.3. The van der Waals surface area contributed by atoms with Crippen molar-refractivity contribution in [3.63, 3.8) is 0 Å². The van der Waals surface area contributed by atoms with Crippen LogP contribution in [0.2, 0.25) is 0 Å². The summed E-state index contributed by atoms with van der Waals surface area (Å²) < 4.78 is 13.9. The van der Waals surface area contributed by atoms with Gasteiger partial charge in [0.2, 0.25) is 0 Å². The van der Waals surface area contributed by atoms with Crippen LogP contribution in [0.15, 0.2) is 66.7 Å². The largest absolute Gasteiger partial charge is 0.478 e. The molecule has 0 saturated heterocycles. The summed E-state index contributed by atoms with van der Waals surface area (Å²) in [7, 11) is 0. The third-order valence-electron chi connectivity index (χ3n) is 5.30. The number of nitrogens with zero attached hydrogens (tertiary/aromatic N) is 1. The van der Waals surface area contributed by atoms with Crippen LogP contribution >= 0.6 is 0 Å². The predicted molar refractivity (Wildman–Crippen MR) is 132 cm³/mol. The molecule has 0 bridgehead atoms. The Morgan fingerprint density at radius 3 is 2.03 bits per heavy atom. The Morgan fingerprint density at radius 2 is 1.52 bits per heavy atom. The molecule has 0 unspecified atom stereocenters. The molecule has 0 aliphatic carbocycles. The van der Waals surface area contributed by atoms with E-state index in [4.69, 9.17) is 0 Å². The number of aromatic carboxylic acids is 1. The summed E-state index contributed by atoms with van der Waals surface area (Å²) in [5, 5.41) is 9.27. The predicted octanol–water partition coefficient (Wildman–Crippen LogP) is 6.54. The van der Waals surface area contributed by atoms with Gasteiger partial charge in [-0.05, 0) is 65.9 Å². The van der Waals surface area contributed by atoms with Crippen molar-refractivity contribution in [1.29, 1.82) is 0 Å². The fraction of sp³-hybridized carbons (Fsp3) is 0.276. The molecule has 3 aromatic carbocycles. The van der Waals surface area contributed by atoms with Gasteiger partial charge in [0.15, 0.2) is 0 Å². The molecule has 0 saturated carbocycles. The smallest absolute Gasteiger partial charge is 0.338 e. The molecular weight excluding hydrogens is 413 g/mol. The molecule has 4 heteroatoms. The van der Waals surface area contributed by atoms with Crippen LogP contribution in [-0.2, 0) is 13.0 Å². The van der Waals surface area contributed by atoms with Gasteiger partial charge in [0.05, 0.1) is 5.56 Å². The Labute approximate surface area is 195 Å². The third-order valence-corrected chi connectivity index (χ3v) is 5.30. The zero-order valence-corrected chi connectivity index (χ0v) is 19.4. The van der Waals surface area contributed by atoms with E-state index in [1.807, 2.05) is 24.3 Å². The normalized spacial score (nSPS) is 10.6. The number of hydrogen-bond donors (Lipinski definition) is 1. The van der Waals surface area contributed by atoms with Crippen molar-refractivity contribution in [2.45, 2.75) is 40.2 Å². The standard InChI is InChI=1S/C29H30FNO2/c1-4-5-22-6-8-23(9-7-22)10-11-24-12-14-25(15-13-24)20-31(19-21(2)3)26-16-17-28(30)27(18-26)29(32)33/h6-9,12-18,21H,4-5,19-20H2,1-3H3,(H,32,33). The minimum absolute atomic E-state index is 0.311. The lowest BCUT2D eigenvalue weighted by Gasteiger charge is -2.27. The van der Waals surface area contributed by atoms with Crippen LogP contribution in [0.4, 0.5) is 10.1 Å². The highest BCUT2D eigenvalue weighted by Crippen LogP contribution is 2.22. The zero-order valence-electron chi connectivity index (χ0n) is 19.4. The van der Waals surface area contributed by atoms with Gasteiger partial charge < -0.3 is 10.0 Å². The van der Waals surface area contributed by atoms with E-state index in [0.717, 1.165) is 36.1 Å². The molecule has 0 aliphatic heterocycles. The summed E-state index contributed by atoms with van der Waals surface area (Å²) in [6.07, 6.45) is 2.21. The molecule has 33 heavy (non-hydrogen) atoms. The second-order valence-electron chi connectivity index (χ2n) is 8.64. The fourth-order valence-corrected chi connectivity index (χ4v) is 3.68. The Kier molecular flexibility index (Phi) is 8.27. The molecule has 0 aliphatic rings. The van der Waals surface area contributed by atoms with Gasteiger partial charge in [-0.3, -0.25) is 0 Å². The van der Waals surface area contributed by atoms with E-state index in [1.165, 1.54) is 17.7 Å². The lowest BCUT2D eigenvalue weighted by atomic mass is 10.1. The summed E-state index contributed by atoms with van der Waals surface area (Å²) in [4.78, 5) is 13.4. The molecule has 0 amide bonds. The van der Waals surface area contributed by atoms with Gasteiger partial charge >= 0.3 is 5.97 Å². The molecule has 0 spiro atoms. The number of aryl methyl sites for hydroxylation is 1. The fourth-order valence-electron chi connectivity index (χ4n) is 3.68. The first-order chi connectivity index (χ1) is 15.9. The van der Waals surface area contributed by atoms with Gasteiger partial charge in [0, 0.05) is 29.9 Å². The van der Waals surface area contributed by atoms with Gasteiger partial charge in [-0.15, -0.1) is 0 Å². The van der Waals surface area contributed by atoms with Crippen LogP contribution in [0.1, 0.15) is 59.8 Å². The van der Waals surface area contributed by atoms with Crippen molar-refractivity contribution in [3.8, 4) is 11.8 Å². The highest BCUT2D eigenvalue weighted by molar-refractivity contribution is 5.89. The molecule has 0 aromatic heterocycles. The molecule has 0 atom stereocenters. The maximum atomic E-state index is 13.9. The molecule has 1 N–H and O–H groups in total. The molecule has 3 nitrogen and oxygen atoms in total. The maximum absolute atomic E-state index is 13.9. The Morgan fingerprint density at radius 1 is 0.939 bits per heavy atom. The molecule has 3 rings (SSSR count). The number of anilines is 1. The Balaban J connectivity index is 1.75. The Hall–Kier alpha value is -3.58. The third kappa shape index (κ3) is 6.95. The average molecular weight is 444 g/mol. The van der Waals surface area contributed by atoms with Crippen LogP contribution in [-0.4, -0.2) is 17.6 Å². The molecule has 0 fully saturated rings. The minimum atomic E-state index is -1.26. The quantitative estimate of drug-likeness (QED) is 0.402. The van der Waals surface area contributed by atoms with Crippen molar-refractivity contribution in [1.82, 2.24) is 0 Å². The van der Waals surface area contributed by atoms with Crippen molar-refractivity contribution in [2.24, 2.45) is 5.92 Å². The number of carbonyl (C=O) groups is 1. The maximum Gasteiger partial charge on any atom is 0.338 e. The van der Waals surface area contributed by atoms with Gasteiger partial charge in [0.25, 0.3) is 0 Å². The van der Waals surface area contributed by atoms with Crippen LogP contribution in [0.25, 0.3) is 0 Å². The topological polar surface area (TPSA) is 40.5 Å². The van der Waals surface area contributed by atoms with Crippen molar-refractivity contribution >= 4 is 11.7 Å². The molecule has 170 valence electrons. The molecule has 0 heterocycles. The zero-order chi connectivity index (χ0) is 23.8. The van der Waals surface area contributed by atoms with Crippen molar-refractivity contribution in [3.05, 3.63) is 100 Å². The minimum Gasteiger partial charge on any atom is -0.478 e. The van der Waals surface area contributed by atoms with Crippen LogP contribution < -0.4 is 4.90 Å². The summed E-state index contributed by atoms with van der Waals surface area (Å²) in [5.74, 6) is 4.80. The number of carboxylic acid groups (broad SMARTS) is 1. The van der Waals surface area contributed by atoms with E-state index >= 15 is 0 Å². The highest BCUT2D eigenvalue weighted by atomic mass is 19.1. The van der Waals surface area contributed by atoms with Gasteiger partial charge in [0.1, 0.15) is 5.82 Å². The van der Waals surface area contributed by atoms with Crippen molar-refractivity contribution < 1.29 is 14.3 Å². The number of rotatable bonds is 8. The Bertz CT molecular complexity index is 1140. The monoisotopic (exact) mass is 443 g/mol. The van der Waals surface area contributed by atoms with Crippen LogP contribution in [0.5, 0.6) is 0 Å². The van der Waals surface area contributed by atoms with E-state index in [9.17, 15) is 14.3 Å². The SMILES string of the molecule is CCCc1ccc(C#Cc2ccc(CN(CC(C)C)c3ccc(F)c(C(=O)O)c3)cc2)cc1. The number of halogens is 1. The second-order valence-corrected chi connectivity index (χ2v) is 8.64. The lowest BCUT2D eigenvalue weighted by molar-refractivity contribution is 0.0692. The summed E-state index contributed by atoms with van der Waals surface area (Å²) in [5.41, 5.74) is 4.71. The number of carboxylic acids is 1. The van der Waals surface area contributed by atoms with E-state index in [1.54, 1.807) is 6.07 Å². The number of hydrogen-bond acceptors (Lipinski definition) is 2. The summed E-state index contributed by atoms with van der Waals surface area (Å²) in [6.45, 7) is 7.69. The lowest BCUT2D eigenvalue weighted by Crippen LogP contribution is -2.27. The summed E-state index contributed by atoms with van der Waals surface area (Å²) >= 11 is 0. The first kappa shape index (κ1) is 24.1. The highest BCUT2D eigenvalue weighted by Gasteiger charge is 2.15. The van der Waals surface area contributed by atoms with E-state index in [2.05, 4.69) is 61.8 Å². The van der Waals surface area contributed by atoms with Crippen LogP contribution in [0.3, 0.4) is 0 Å². The molecule has 3 aromatic rings. The number of benzene rings is 3.